The van der Waals surface area contributed by atoms with E-state index >= 15 is 0 Å². The summed E-state index contributed by atoms with van der Waals surface area (Å²) in [5.74, 6) is -0.625. The summed E-state index contributed by atoms with van der Waals surface area (Å²) in [6.45, 7) is 0. The maximum Gasteiger partial charge on any atom is 0.314 e. The zero-order valence-electron chi connectivity index (χ0n) is 12.1. The lowest BCUT2D eigenvalue weighted by molar-refractivity contribution is -0.143. The Morgan fingerprint density at radius 3 is 2.43 bits per heavy atom. The first-order chi connectivity index (χ1) is 10.1. The minimum Gasteiger partial charge on any atom is -0.506 e. The van der Waals surface area contributed by atoms with E-state index in [-0.39, 0.29) is 5.75 Å². The number of benzene rings is 1. The van der Waals surface area contributed by atoms with E-state index in [2.05, 4.69) is 15.9 Å². The summed E-state index contributed by atoms with van der Waals surface area (Å²) >= 11 is 3.43. The quantitative estimate of drug-likeness (QED) is 0.779. The third kappa shape index (κ3) is 2.37. The second kappa shape index (κ2) is 5.64. The van der Waals surface area contributed by atoms with Crippen molar-refractivity contribution in [1.82, 2.24) is 0 Å². The van der Waals surface area contributed by atoms with E-state index in [1.54, 1.807) is 0 Å². The second-order valence-electron chi connectivity index (χ2n) is 6.37. The number of aryl methyl sites for hydroxylation is 1. The van der Waals surface area contributed by atoms with Crippen LogP contribution in [0.2, 0.25) is 0 Å². The molecule has 1 fully saturated rings. The summed E-state index contributed by atoms with van der Waals surface area (Å²) in [4.78, 5) is 12.0. The Hall–Kier alpha value is -1.03. The van der Waals surface area contributed by atoms with Gasteiger partial charge >= 0.3 is 5.97 Å². The third-order valence-electron chi connectivity index (χ3n) is 5.17. The van der Waals surface area contributed by atoms with Crippen LogP contribution in [-0.2, 0) is 23.1 Å². The molecule has 0 radical (unpaired) electrons. The third-order valence-corrected chi connectivity index (χ3v) is 5.78. The van der Waals surface area contributed by atoms with Gasteiger partial charge in [-0.3, -0.25) is 4.79 Å². The number of halogens is 1. The zero-order chi connectivity index (χ0) is 15.0. The van der Waals surface area contributed by atoms with Gasteiger partial charge < -0.3 is 10.2 Å². The van der Waals surface area contributed by atoms with Gasteiger partial charge in [0.1, 0.15) is 5.75 Å². The van der Waals surface area contributed by atoms with Crippen LogP contribution in [0.25, 0.3) is 0 Å². The maximum atomic E-state index is 12.0. The average molecular weight is 353 g/mol. The van der Waals surface area contributed by atoms with Crippen molar-refractivity contribution in [2.75, 3.05) is 0 Å². The van der Waals surface area contributed by atoms with Crippen LogP contribution in [0.3, 0.4) is 0 Å². The molecular formula is C17H21BrO3. The predicted molar refractivity (Wildman–Crippen MR) is 84.8 cm³/mol. The molecule has 0 amide bonds. The molecular weight excluding hydrogens is 332 g/mol. The molecule has 4 heteroatoms. The zero-order valence-corrected chi connectivity index (χ0v) is 13.7. The Labute approximate surface area is 133 Å². The summed E-state index contributed by atoms with van der Waals surface area (Å²) in [6.07, 6.45) is 8.39. The van der Waals surface area contributed by atoms with Crippen molar-refractivity contribution in [2.45, 2.75) is 63.2 Å². The van der Waals surface area contributed by atoms with E-state index in [9.17, 15) is 15.0 Å². The number of carboxylic acid groups (broad SMARTS) is 1. The summed E-state index contributed by atoms with van der Waals surface area (Å²) < 4.78 is 0.644. The fourth-order valence-electron chi connectivity index (χ4n) is 4.10. The molecule has 0 saturated heterocycles. The van der Waals surface area contributed by atoms with Gasteiger partial charge in [0.05, 0.1) is 9.89 Å². The van der Waals surface area contributed by atoms with Gasteiger partial charge in [-0.05, 0) is 71.6 Å². The van der Waals surface area contributed by atoms with Crippen LogP contribution >= 0.6 is 15.9 Å². The Kier molecular flexibility index (Phi) is 4.00. The SMILES string of the molecule is O=C(O)C1(c2c(O)c(Br)cc3c2CCCCC3)CCCC1. The molecule has 2 aliphatic rings. The van der Waals surface area contributed by atoms with Gasteiger partial charge in [0, 0.05) is 5.56 Å². The number of aliphatic carboxylic acids is 1. The van der Waals surface area contributed by atoms with Crippen molar-refractivity contribution in [1.29, 1.82) is 0 Å². The molecule has 2 N–H and O–H groups in total. The summed E-state index contributed by atoms with van der Waals surface area (Å²) in [6, 6.07) is 1.99. The van der Waals surface area contributed by atoms with Crippen molar-refractivity contribution >= 4 is 21.9 Å². The molecule has 1 saturated carbocycles. The molecule has 2 aliphatic carbocycles. The van der Waals surface area contributed by atoms with Crippen LogP contribution in [0.5, 0.6) is 5.75 Å². The standard InChI is InChI=1S/C17H21BrO3/c18-13-10-11-6-2-1-3-7-12(11)14(15(13)19)17(16(20)21)8-4-5-9-17/h10,19H,1-9H2,(H,20,21). The number of aromatic hydroxyl groups is 1. The molecule has 0 unspecified atom stereocenters. The molecule has 1 aromatic rings. The Morgan fingerprint density at radius 2 is 1.76 bits per heavy atom. The van der Waals surface area contributed by atoms with E-state index in [1.165, 1.54) is 12.0 Å². The van der Waals surface area contributed by atoms with E-state index in [0.717, 1.165) is 44.1 Å². The topological polar surface area (TPSA) is 57.5 Å². The Morgan fingerprint density at radius 1 is 1.10 bits per heavy atom. The number of carbonyl (C=O) groups is 1. The first-order valence-electron chi connectivity index (χ1n) is 7.83. The lowest BCUT2D eigenvalue weighted by Gasteiger charge is -2.29. The largest absolute Gasteiger partial charge is 0.506 e. The minimum absolute atomic E-state index is 0.153. The van der Waals surface area contributed by atoms with Crippen molar-refractivity contribution in [3.05, 3.63) is 27.2 Å². The molecule has 3 rings (SSSR count). The summed E-state index contributed by atoms with van der Waals surface area (Å²) in [5.41, 5.74) is 2.15. The van der Waals surface area contributed by atoms with Gasteiger partial charge in [-0.2, -0.15) is 0 Å². The fraction of sp³-hybridized carbons (Fsp3) is 0.588. The first kappa shape index (κ1) is 14.9. The van der Waals surface area contributed by atoms with E-state index in [4.69, 9.17) is 0 Å². The summed E-state index contributed by atoms with van der Waals surface area (Å²) in [7, 11) is 0. The molecule has 1 aromatic carbocycles. The maximum absolute atomic E-state index is 12.0. The van der Waals surface area contributed by atoms with E-state index in [0.29, 0.717) is 22.9 Å². The average Bonchev–Trinajstić information content (AvgIpc) is 2.83. The van der Waals surface area contributed by atoms with Crippen molar-refractivity contribution in [3.63, 3.8) is 0 Å². The van der Waals surface area contributed by atoms with Crippen molar-refractivity contribution < 1.29 is 15.0 Å². The Balaban J connectivity index is 2.25. The summed E-state index contributed by atoms with van der Waals surface area (Å²) in [5, 5.41) is 20.5. The van der Waals surface area contributed by atoms with Crippen molar-refractivity contribution in [3.8, 4) is 5.75 Å². The number of fused-ring (bicyclic) bond motifs is 1. The molecule has 0 atom stereocenters. The lowest BCUT2D eigenvalue weighted by Crippen LogP contribution is -2.34. The Bertz CT molecular complexity index is 574. The number of phenolic OH excluding ortho intramolecular Hbond substituents is 1. The highest BCUT2D eigenvalue weighted by atomic mass is 79.9. The highest BCUT2D eigenvalue weighted by molar-refractivity contribution is 9.10. The van der Waals surface area contributed by atoms with Crippen LogP contribution in [0.15, 0.2) is 10.5 Å². The highest BCUT2D eigenvalue weighted by Gasteiger charge is 2.46. The van der Waals surface area contributed by atoms with E-state index < -0.39 is 11.4 Å². The van der Waals surface area contributed by atoms with Crippen molar-refractivity contribution in [2.24, 2.45) is 0 Å². The molecule has 0 bridgehead atoms. The molecule has 0 aromatic heterocycles. The molecule has 21 heavy (non-hydrogen) atoms. The molecule has 0 heterocycles. The first-order valence-corrected chi connectivity index (χ1v) is 8.62. The van der Waals surface area contributed by atoms with E-state index in [1.807, 2.05) is 6.07 Å². The molecule has 3 nitrogen and oxygen atoms in total. The van der Waals surface area contributed by atoms with Gasteiger partial charge in [0.2, 0.25) is 0 Å². The molecule has 0 aliphatic heterocycles. The smallest absolute Gasteiger partial charge is 0.314 e. The van der Waals surface area contributed by atoms with Crippen LogP contribution in [0.1, 0.15) is 61.6 Å². The number of hydrogen-bond donors (Lipinski definition) is 2. The van der Waals surface area contributed by atoms with Gasteiger partial charge in [-0.25, -0.2) is 0 Å². The van der Waals surface area contributed by atoms with Gasteiger partial charge in [0.25, 0.3) is 0 Å². The fourth-order valence-corrected chi connectivity index (χ4v) is 4.57. The number of carboxylic acids is 1. The van der Waals surface area contributed by atoms with Crippen LogP contribution in [-0.4, -0.2) is 16.2 Å². The van der Waals surface area contributed by atoms with Crippen LogP contribution in [0, 0.1) is 0 Å². The highest BCUT2D eigenvalue weighted by Crippen LogP contribution is 2.50. The minimum atomic E-state index is -0.887. The number of phenols is 1. The normalized spacial score (nSPS) is 20.8. The monoisotopic (exact) mass is 352 g/mol. The molecule has 114 valence electrons. The van der Waals surface area contributed by atoms with Crippen LogP contribution < -0.4 is 0 Å². The van der Waals surface area contributed by atoms with Gasteiger partial charge in [-0.1, -0.05) is 19.3 Å². The van der Waals surface area contributed by atoms with Gasteiger partial charge in [-0.15, -0.1) is 0 Å². The van der Waals surface area contributed by atoms with Crippen LogP contribution in [0.4, 0.5) is 0 Å². The lowest BCUT2D eigenvalue weighted by atomic mass is 9.74. The van der Waals surface area contributed by atoms with Gasteiger partial charge in [0.15, 0.2) is 0 Å². The second-order valence-corrected chi connectivity index (χ2v) is 7.23. The molecule has 0 spiro atoms. The predicted octanol–water partition coefficient (Wildman–Crippen LogP) is 4.32. The number of hydrogen-bond acceptors (Lipinski definition) is 2. The number of rotatable bonds is 2.